The number of hydrogen-bond donors (Lipinski definition) is 2. The molecule has 0 atom stereocenters. The lowest BCUT2D eigenvalue weighted by Gasteiger charge is -2.08. The molecule has 1 aromatic carbocycles. The Morgan fingerprint density at radius 3 is 2.50 bits per heavy atom. The molecule has 0 aliphatic rings. The van der Waals surface area contributed by atoms with Gasteiger partial charge in [0.15, 0.2) is 10.3 Å². The predicted molar refractivity (Wildman–Crippen MR) is 73.4 cm³/mol. The average Bonchev–Trinajstić information content (AvgIpc) is 2.41. The maximum absolute atomic E-state index is 12.0. The summed E-state index contributed by atoms with van der Waals surface area (Å²) in [5, 5.41) is 18.3. The van der Waals surface area contributed by atoms with E-state index in [4.69, 9.17) is 28.3 Å². The van der Waals surface area contributed by atoms with E-state index in [0.29, 0.717) is 0 Å². The molecule has 0 aliphatic heterocycles. The Balaban J connectivity index is 2.33. The van der Waals surface area contributed by atoms with Crippen LogP contribution in [0.3, 0.4) is 0 Å². The van der Waals surface area contributed by atoms with Crippen molar-refractivity contribution in [3.63, 3.8) is 0 Å². The smallest absolute Gasteiger partial charge is 0.337 e. The summed E-state index contributed by atoms with van der Waals surface area (Å²) in [6, 6.07) is 7.23. The number of halogens is 2. The van der Waals surface area contributed by atoms with Gasteiger partial charge in [0.05, 0.1) is 16.8 Å². The highest BCUT2D eigenvalue weighted by Gasteiger charge is 2.16. The van der Waals surface area contributed by atoms with Crippen LogP contribution in [0.1, 0.15) is 20.7 Å². The number of para-hydroxylation sites is 1. The van der Waals surface area contributed by atoms with Gasteiger partial charge < -0.3 is 10.4 Å². The van der Waals surface area contributed by atoms with E-state index in [0.717, 1.165) is 0 Å². The highest BCUT2D eigenvalue weighted by molar-refractivity contribution is 6.34. The highest BCUT2D eigenvalue weighted by Crippen LogP contribution is 2.20. The number of carbonyl (C=O) groups excluding carboxylic acids is 1. The van der Waals surface area contributed by atoms with Gasteiger partial charge in [-0.15, -0.1) is 10.2 Å². The summed E-state index contributed by atoms with van der Waals surface area (Å²) in [5.41, 5.74) is 0.117. The largest absolute Gasteiger partial charge is 0.478 e. The fourth-order valence-electron chi connectivity index (χ4n) is 1.48. The summed E-state index contributed by atoms with van der Waals surface area (Å²) >= 11 is 11.4. The van der Waals surface area contributed by atoms with Crippen LogP contribution >= 0.6 is 23.2 Å². The van der Waals surface area contributed by atoms with Crippen LogP contribution in [0.2, 0.25) is 10.3 Å². The molecule has 2 N–H and O–H groups in total. The molecule has 2 rings (SSSR count). The van der Waals surface area contributed by atoms with Crippen molar-refractivity contribution in [2.75, 3.05) is 5.32 Å². The van der Waals surface area contributed by atoms with Gasteiger partial charge in [0.25, 0.3) is 5.91 Å². The number of aromatic nitrogens is 2. The minimum absolute atomic E-state index is 0.00562. The molecule has 6 nitrogen and oxygen atoms in total. The lowest BCUT2D eigenvalue weighted by Crippen LogP contribution is -2.16. The summed E-state index contributed by atoms with van der Waals surface area (Å²) in [6.45, 7) is 0. The third-order valence-electron chi connectivity index (χ3n) is 2.37. The quantitative estimate of drug-likeness (QED) is 0.909. The number of carboxylic acid groups (broad SMARTS) is 1. The number of nitrogens with zero attached hydrogens (tertiary/aromatic N) is 2. The van der Waals surface area contributed by atoms with Crippen molar-refractivity contribution in [3.05, 3.63) is 51.8 Å². The molecule has 20 heavy (non-hydrogen) atoms. The molecule has 1 heterocycles. The number of anilines is 1. The first-order chi connectivity index (χ1) is 9.49. The number of benzene rings is 1. The van der Waals surface area contributed by atoms with E-state index in [1.807, 2.05) is 0 Å². The number of amides is 1. The minimum atomic E-state index is -1.15. The van der Waals surface area contributed by atoms with Crippen molar-refractivity contribution in [1.82, 2.24) is 10.2 Å². The molecule has 8 heteroatoms. The lowest BCUT2D eigenvalue weighted by molar-refractivity contribution is 0.0698. The summed E-state index contributed by atoms with van der Waals surface area (Å²) in [4.78, 5) is 23.1. The fraction of sp³-hybridized carbons (Fsp3) is 0. The maximum atomic E-state index is 12.0. The van der Waals surface area contributed by atoms with E-state index in [1.54, 1.807) is 12.1 Å². The molecule has 2 aromatic rings. The van der Waals surface area contributed by atoms with E-state index in [1.165, 1.54) is 18.2 Å². The molecule has 0 radical (unpaired) electrons. The van der Waals surface area contributed by atoms with Gasteiger partial charge >= 0.3 is 5.97 Å². The van der Waals surface area contributed by atoms with Crippen LogP contribution in [0.4, 0.5) is 5.69 Å². The van der Waals surface area contributed by atoms with Gasteiger partial charge in [-0.2, -0.15) is 0 Å². The van der Waals surface area contributed by atoms with Crippen LogP contribution in [0.5, 0.6) is 0 Å². The molecule has 0 fully saturated rings. The van der Waals surface area contributed by atoms with Crippen molar-refractivity contribution in [1.29, 1.82) is 0 Å². The second-order valence-electron chi connectivity index (χ2n) is 3.68. The van der Waals surface area contributed by atoms with Crippen LogP contribution in [-0.4, -0.2) is 27.2 Å². The highest BCUT2D eigenvalue weighted by atomic mass is 35.5. The zero-order valence-corrected chi connectivity index (χ0v) is 11.3. The molecule has 0 unspecified atom stereocenters. The lowest BCUT2D eigenvalue weighted by atomic mass is 10.1. The molecule has 0 saturated carbocycles. The SMILES string of the molecule is O=C(O)c1ccccc1NC(=O)c1cc(Cl)nnc1Cl. The van der Waals surface area contributed by atoms with Gasteiger partial charge in [-0.3, -0.25) is 4.79 Å². The predicted octanol–water partition coefficient (Wildman–Crippen LogP) is 2.73. The third kappa shape index (κ3) is 3.04. The van der Waals surface area contributed by atoms with Crippen molar-refractivity contribution in [2.45, 2.75) is 0 Å². The Morgan fingerprint density at radius 2 is 1.80 bits per heavy atom. The van der Waals surface area contributed by atoms with Gasteiger partial charge in [0.1, 0.15) is 0 Å². The third-order valence-corrected chi connectivity index (χ3v) is 2.83. The van der Waals surface area contributed by atoms with Crippen LogP contribution < -0.4 is 5.32 Å². The van der Waals surface area contributed by atoms with E-state index in [2.05, 4.69) is 15.5 Å². The Hall–Kier alpha value is -2.18. The second-order valence-corrected chi connectivity index (χ2v) is 4.42. The van der Waals surface area contributed by atoms with Crippen LogP contribution in [0.15, 0.2) is 30.3 Å². The van der Waals surface area contributed by atoms with E-state index >= 15 is 0 Å². The first kappa shape index (κ1) is 14.2. The standard InChI is InChI=1S/C12H7Cl2N3O3/c13-9-5-7(10(14)17-16-9)11(18)15-8-4-2-1-3-6(8)12(19)20/h1-5H,(H,15,18)(H,19,20). The molecule has 0 spiro atoms. The van der Waals surface area contributed by atoms with Crippen LogP contribution in [0, 0.1) is 0 Å². The summed E-state index contributed by atoms with van der Waals surface area (Å²) < 4.78 is 0. The molecule has 0 bridgehead atoms. The van der Waals surface area contributed by atoms with Gasteiger partial charge in [-0.05, 0) is 18.2 Å². The molecule has 102 valence electrons. The minimum Gasteiger partial charge on any atom is -0.478 e. The summed E-state index contributed by atoms with van der Waals surface area (Å²) in [6.07, 6.45) is 0. The Bertz CT molecular complexity index is 691. The average molecular weight is 312 g/mol. The first-order valence-corrected chi connectivity index (χ1v) is 6.07. The van der Waals surface area contributed by atoms with Crippen LogP contribution in [0.25, 0.3) is 0 Å². The first-order valence-electron chi connectivity index (χ1n) is 5.31. The van der Waals surface area contributed by atoms with Gasteiger partial charge in [0.2, 0.25) is 0 Å². The molecular formula is C12H7Cl2N3O3. The van der Waals surface area contributed by atoms with Gasteiger partial charge in [0, 0.05) is 0 Å². The second kappa shape index (κ2) is 5.85. The van der Waals surface area contributed by atoms with Crippen molar-refractivity contribution in [2.24, 2.45) is 0 Å². The number of nitrogens with one attached hydrogen (secondary N) is 1. The molecule has 0 saturated heterocycles. The summed E-state index contributed by atoms with van der Waals surface area (Å²) in [5.74, 6) is -1.78. The molecular weight excluding hydrogens is 305 g/mol. The number of carboxylic acids is 1. The maximum Gasteiger partial charge on any atom is 0.337 e. The van der Waals surface area contributed by atoms with Crippen molar-refractivity contribution in [3.8, 4) is 0 Å². The zero-order chi connectivity index (χ0) is 14.7. The normalized spacial score (nSPS) is 10.1. The van der Waals surface area contributed by atoms with E-state index in [-0.39, 0.29) is 27.1 Å². The monoisotopic (exact) mass is 311 g/mol. The summed E-state index contributed by atoms with van der Waals surface area (Å²) in [7, 11) is 0. The number of carbonyl (C=O) groups is 2. The van der Waals surface area contributed by atoms with E-state index < -0.39 is 11.9 Å². The van der Waals surface area contributed by atoms with Crippen LogP contribution in [-0.2, 0) is 0 Å². The Kier molecular flexibility index (Phi) is 4.16. The topological polar surface area (TPSA) is 92.2 Å². The number of hydrogen-bond acceptors (Lipinski definition) is 4. The zero-order valence-electron chi connectivity index (χ0n) is 9.80. The van der Waals surface area contributed by atoms with Gasteiger partial charge in [-0.1, -0.05) is 35.3 Å². The van der Waals surface area contributed by atoms with Gasteiger partial charge in [-0.25, -0.2) is 4.79 Å². The van der Waals surface area contributed by atoms with E-state index in [9.17, 15) is 9.59 Å². The molecule has 1 aromatic heterocycles. The fourth-order valence-corrected chi connectivity index (χ4v) is 1.81. The molecule has 1 amide bonds. The Labute approximate surface area is 123 Å². The molecule has 0 aliphatic carbocycles. The van der Waals surface area contributed by atoms with Crippen molar-refractivity contribution >= 4 is 40.8 Å². The number of rotatable bonds is 3. The number of aromatic carboxylic acids is 1. The Morgan fingerprint density at radius 1 is 1.10 bits per heavy atom. The van der Waals surface area contributed by atoms with Crippen molar-refractivity contribution < 1.29 is 14.7 Å².